The third-order valence-corrected chi connectivity index (χ3v) is 4.73. The quantitative estimate of drug-likeness (QED) is 0.487. The summed E-state index contributed by atoms with van der Waals surface area (Å²) < 4.78 is 17.2. The Morgan fingerprint density at radius 1 is 1.23 bits per heavy atom. The maximum atomic E-state index is 6.20. The first-order valence-corrected chi connectivity index (χ1v) is 10.6. The van der Waals surface area contributed by atoms with E-state index in [1.165, 1.54) is 5.56 Å². The van der Waals surface area contributed by atoms with Crippen molar-refractivity contribution in [3.05, 3.63) is 53.2 Å². The summed E-state index contributed by atoms with van der Waals surface area (Å²) in [5.74, 6) is 2.27. The second-order valence-corrected chi connectivity index (χ2v) is 7.16. The Balaban J connectivity index is 1.68. The molecule has 3 rings (SSSR count). The monoisotopic (exact) mass is 412 g/mol. The van der Waals surface area contributed by atoms with E-state index in [-0.39, 0.29) is 6.10 Å². The molecule has 2 heterocycles. The lowest BCUT2D eigenvalue weighted by molar-refractivity contribution is 0.140. The summed E-state index contributed by atoms with van der Waals surface area (Å²) in [4.78, 5) is 9.00. The van der Waals surface area contributed by atoms with Gasteiger partial charge in [-0.25, -0.2) is 9.98 Å². The highest BCUT2D eigenvalue weighted by Crippen LogP contribution is 2.24. The molecule has 1 saturated heterocycles. The van der Waals surface area contributed by atoms with Gasteiger partial charge in [0.05, 0.1) is 26.4 Å². The van der Waals surface area contributed by atoms with Crippen LogP contribution in [0.1, 0.15) is 37.0 Å². The fourth-order valence-corrected chi connectivity index (χ4v) is 3.20. The molecular weight excluding hydrogens is 380 g/mol. The number of guanidine groups is 1. The maximum Gasteiger partial charge on any atom is 0.218 e. The van der Waals surface area contributed by atoms with Gasteiger partial charge in [0, 0.05) is 36.8 Å². The van der Waals surface area contributed by atoms with Crippen LogP contribution in [0.4, 0.5) is 0 Å². The first-order chi connectivity index (χ1) is 14.7. The summed E-state index contributed by atoms with van der Waals surface area (Å²) in [5, 5.41) is 6.71. The number of nitrogens with zero attached hydrogens (tertiary/aromatic N) is 2. The number of aliphatic imine (C=N–C) groups is 1. The molecule has 30 heavy (non-hydrogen) atoms. The van der Waals surface area contributed by atoms with Gasteiger partial charge in [-0.2, -0.15) is 0 Å². The Morgan fingerprint density at radius 2 is 2.13 bits per heavy atom. The number of aryl methyl sites for hydroxylation is 1. The minimum Gasteiger partial charge on any atom is -0.488 e. The van der Waals surface area contributed by atoms with Gasteiger partial charge in [-0.05, 0) is 38.5 Å². The highest BCUT2D eigenvalue weighted by atomic mass is 16.5. The van der Waals surface area contributed by atoms with Crippen molar-refractivity contribution in [2.24, 2.45) is 4.99 Å². The Kier molecular flexibility index (Phi) is 8.32. The first kappa shape index (κ1) is 21.9. The summed E-state index contributed by atoms with van der Waals surface area (Å²) >= 11 is 0. The van der Waals surface area contributed by atoms with Gasteiger partial charge in [0.25, 0.3) is 0 Å². The minimum atomic E-state index is 0.120. The van der Waals surface area contributed by atoms with E-state index in [4.69, 9.17) is 19.2 Å². The van der Waals surface area contributed by atoms with Crippen molar-refractivity contribution in [1.29, 1.82) is 0 Å². The zero-order valence-electron chi connectivity index (χ0n) is 18.1. The number of hydrogen-bond donors (Lipinski definition) is 2. The summed E-state index contributed by atoms with van der Waals surface area (Å²) in [6.45, 7) is 9.93. The number of aromatic nitrogens is 1. The van der Waals surface area contributed by atoms with Gasteiger partial charge in [0.15, 0.2) is 5.96 Å². The third kappa shape index (κ3) is 6.35. The topological polar surface area (TPSA) is 77.0 Å². The van der Waals surface area contributed by atoms with Gasteiger partial charge >= 0.3 is 0 Å². The predicted molar refractivity (Wildman–Crippen MR) is 118 cm³/mol. The molecule has 1 atom stereocenters. The van der Waals surface area contributed by atoms with Crippen LogP contribution >= 0.6 is 0 Å². The SMILES string of the molecule is CCNC(=NCc1cccnc1OCC)NCc1ccc(C)cc1OC1CCOC1. The van der Waals surface area contributed by atoms with Crippen LogP contribution < -0.4 is 20.1 Å². The second-order valence-electron chi connectivity index (χ2n) is 7.16. The van der Waals surface area contributed by atoms with Gasteiger partial charge in [-0.1, -0.05) is 18.2 Å². The number of benzene rings is 1. The smallest absolute Gasteiger partial charge is 0.218 e. The van der Waals surface area contributed by atoms with Crippen LogP contribution in [0, 0.1) is 6.92 Å². The highest BCUT2D eigenvalue weighted by molar-refractivity contribution is 5.79. The van der Waals surface area contributed by atoms with Gasteiger partial charge in [-0.3, -0.25) is 0 Å². The van der Waals surface area contributed by atoms with Crippen LogP contribution in [-0.2, 0) is 17.8 Å². The standard InChI is InChI=1S/C23H32N4O3/c1-4-24-23(27-15-19-7-6-11-25-22(19)29-5-2)26-14-18-9-8-17(3)13-21(18)30-20-10-12-28-16-20/h6-9,11,13,20H,4-5,10,12,14-16H2,1-3H3,(H2,24,26,27). The molecule has 0 spiro atoms. The molecule has 7 heteroatoms. The summed E-state index contributed by atoms with van der Waals surface area (Å²) in [5.41, 5.74) is 3.22. The molecule has 0 bridgehead atoms. The van der Waals surface area contributed by atoms with Crippen LogP contribution in [-0.4, -0.2) is 43.4 Å². The van der Waals surface area contributed by atoms with Gasteiger partial charge in [-0.15, -0.1) is 0 Å². The van der Waals surface area contributed by atoms with Gasteiger partial charge in [0.2, 0.25) is 5.88 Å². The zero-order chi connectivity index (χ0) is 21.2. The molecule has 1 aliphatic heterocycles. The highest BCUT2D eigenvalue weighted by Gasteiger charge is 2.18. The molecule has 1 fully saturated rings. The lowest BCUT2D eigenvalue weighted by atomic mass is 10.1. The molecule has 0 radical (unpaired) electrons. The van der Waals surface area contributed by atoms with Crippen LogP contribution in [0.3, 0.4) is 0 Å². The van der Waals surface area contributed by atoms with Crippen molar-refractivity contribution < 1.29 is 14.2 Å². The molecule has 7 nitrogen and oxygen atoms in total. The molecule has 1 aromatic heterocycles. The molecule has 0 amide bonds. The number of ether oxygens (including phenoxy) is 3. The van der Waals surface area contributed by atoms with Gasteiger partial charge in [0.1, 0.15) is 11.9 Å². The lowest BCUT2D eigenvalue weighted by Gasteiger charge is -2.18. The Hall–Kier alpha value is -2.80. The average Bonchev–Trinajstić information content (AvgIpc) is 3.25. The molecule has 2 aromatic rings. The van der Waals surface area contributed by atoms with E-state index >= 15 is 0 Å². The largest absolute Gasteiger partial charge is 0.488 e. The Morgan fingerprint density at radius 3 is 2.90 bits per heavy atom. The average molecular weight is 413 g/mol. The van der Waals surface area contributed by atoms with E-state index in [2.05, 4.69) is 40.7 Å². The molecule has 2 N–H and O–H groups in total. The van der Waals surface area contributed by atoms with Crippen molar-refractivity contribution in [2.75, 3.05) is 26.4 Å². The minimum absolute atomic E-state index is 0.120. The molecular formula is C23H32N4O3. The number of rotatable bonds is 9. The van der Waals surface area contributed by atoms with Crippen molar-refractivity contribution >= 4 is 5.96 Å². The molecule has 0 saturated carbocycles. The van der Waals surface area contributed by atoms with Crippen LogP contribution in [0.25, 0.3) is 0 Å². The van der Waals surface area contributed by atoms with E-state index in [0.29, 0.717) is 32.2 Å². The molecule has 1 aromatic carbocycles. The molecule has 0 aliphatic carbocycles. The van der Waals surface area contributed by atoms with E-state index in [1.807, 2.05) is 26.0 Å². The van der Waals surface area contributed by atoms with Crippen molar-refractivity contribution in [3.63, 3.8) is 0 Å². The van der Waals surface area contributed by atoms with Crippen molar-refractivity contribution in [2.45, 2.75) is 46.4 Å². The van der Waals surface area contributed by atoms with Crippen LogP contribution in [0.5, 0.6) is 11.6 Å². The number of nitrogens with one attached hydrogen (secondary N) is 2. The lowest BCUT2D eigenvalue weighted by Crippen LogP contribution is -2.37. The fraction of sp³-hybridized carbons (Fsp3) is 0.478. The predicted octanol–water partition coefficient (Wildman–Crippen LogP) is 3.21. The van der Waals surface area contributed by atoms with Crippen LogP contribution in [0.15, 0.2) is 41.5 Å². The van der Waals surface area contributed by atoms with E-state index < -0.39 is 0 Å². The number of hydrogen-bond acceptors (Lipinski definition) is 5. The first-order valence-electron chi connectivity index (χ1n) is 10.6. The van der Waals surface area contributed by atoms with E-state index in [9.17, 15) is 0 Å². The summed E-state index contributed by atoms with van der Waals surface area (Å²) in [7, 11) is 0. The summed E-state index contributed by atoms with van der Waals surface area (Å²) in [6.07, 6.45) is 2.78. The molecule has 162 valence electrons. The van der Waals surface area contributed by atoms with Crippen molar-refractivity contribution in [1.82, 2.24) is 15.6 Å². The molecule has 1 unspecified atom stereocenters. The van der Waals surface area contributed by atoms with E-state index in [0.717, 1.165) is 42.4 Å². The normalized spacial score (nSPS) is 16.4. The third-order valence-electron chi connectivity index (χ3n) is 4.73. The summed E-state index contributed by atoms with van der Waals surface area (Å²) in [6, 6.07) is 10.2. The Bertz CT molecular complexity index is 835. The maximum absolute atomic E-state index is 6.20. The van der Waals surface area contributed by atoms with E-state index in [1.54, 1.807) is 6.20 Å². The second kappa shape index (κ2) is 11.4. The van der Waals surface area contributed by atoms with Gasteiger partial charge < -0.3 is 24.8 Å². The Labute approximate surface area is 178 Å². The fourth-order valence-electron chi connectivity index (χ4n) is 3.20. The zero-order valence-corrected chi connectivity index (χ0v) is 18.1. The number of pyridine rings is 1. The van der Waals surface area contributed by atoms with Crippen LogP contribution in [0.2, 0.25) is 0 Å². The van der Waals surface area contributed by atoms with Crippen molar-refractivity contribution in [3.8, 4) is 11.6 Å². The molecule has 1 aliphatic rings.